The van der Waals surface area contributed by atoms with Crippen LogP contribution in [0.2, 0.25) is 0 Å². The maximum atomic E-state index is 12.4. The van der Waals surface area contributed by atoms with E-state index in [0.717, 1.165) is 16.8 Å². The Balaban J connectivity index is 1.63. The van der Waals surface area contributed by atoms with Crippen molar-refractivity contribution in [1.82, 2.24) is 19.7 Å². The van der Waals surface area contributed by atoms with Crippen molar-refractivity contribution >= 4 is 28.6 Å². The third-order valence-electron chi connectivity index (χ3n) is 4.49. The third kappa shape index (κ3) is 3.42. The van der Waals surface area contributed by atoms with Gasteiger partial charge in [0.15, 0.2) is 5.65 Å². The zero-order valence-corrected chi connectivity index (χ0v) is 15.9. The van der Waals surface area contributed by atoms with Crippen LogP contribution < -0.4 is 10.6 Å². The van der Waals surface area contributed by atoms with E-state index in [1.54, 1.807) is 10.9 Å². The lowest BCUT2D eigenvalue weighted by Gasteiger charge is -2.09. The largest absolute Gasteiger partial charge is 0.324 e. The summed E-state index contributed by atoms with van der Waals surface area (Å²) in [5.41, 5.74) is 5.68. The van der Waals surface area contributed by atoms with Crippen LogP contribution in [0.1, 0.15) is 16.7 Å². The van der Waals surface area contributed by atoms with E-state index in [2.05, 4.69) is 38.7 Å². The molecule has 2 aromatic carbocycles. The number of hydrogen-bond donors (Lipinski definition) is 2. The zero-order chi connectivity index (χ0) is 19.7. The molecule has 4 rings (SSSR count). The molecule has 7 heteroatoms. The Morgan fingerprint density at radius 1 is 0.929 bits per heavy atom. The van der Waals surface area contributed by atoms with Gasteiger partial charge in [-0.3, -0.25) is 5.32 Å². The number of fused-ring (bicyclic) bond motifs is 1. The van der Waals surface area contributed by atoms with Crippen LogP contribution in [0.3, 0.4) is 0 Å². The summed E-state index contributed by atoms with van der Waals surface area (Å²) in [6.07, 6.45) is 3.08. The molecule has 2 aromatic heterocycles. The summed E-state index contributed by atoms with van der Waals surface area (Å²) in [5.74, 6) is 0.408. The Labute approximate surface area is 162 Å². The molecule has 2 heterocycles. The Morgan fingerprint density at radius 2 is 1.68 bits per heavy atom. The molecule has 0 unspecified atom stereocenters. The van der Waals surface area contributed by atoms with E-state index in [9.17, 15) is 4.79 Å². The van der Waals surface area contributed by atoms with Gasteiger partial charge in [-0.1, -0.05) is 35.4 Å². The molecular formula is C21H20N6O. The van der Waals surface area contributed by atoms with Crippen molar-refractivity contribution in [3.05, 3.63) is 71.7 Å². The first-order valence-corrected chi connectivity index (χ1v) is 8.92. The first-order chi connectivity index (χ1) is 13.5. The second kappa shape index (κ2) is 7.11. The molecule has 0 spiro atoms. The van der Waals surface area contributed by atoms with Crippen LogP contribution in [0.4, 0.5) is 16.3 Å². The van der Waals surface area contributed by atoms with Crippen LogP contribution >= 0.6 is 0 Å². The first kappa shape index (κ1) is 17.7. The standard InChI is InChI=1S/C21H20N6O/c1-13-4-7-16(8-5-13)25-21(28)26-19-17-11-24-27(20(17)23-12-22-19)18-9-6-14(2)10-15(18)3/h4-12H,1-3H3,(H2,22,23,25,26,28). The average Bonchev–Trinajstić information content (AvgIpc) is 3.09. The number of hydrogen-bond acceptors (Lipinski definition) is 4. The van der Waals surface area contributed by atoms with Gasteiger partial charge in [-0.2, -0.15) is 5.10 Å². The average molecular weight is 372 g/mol. The number of benzene rings is 2. The number of carbonyl (C=O) groups is 1. The lowest BCUT2D eigenvalue weighted by atomic mass is 10.1. The highest BCUT2D eigenvalue weighted by Crippen LogP contribution is 2.24. The highest BCUT2D eigenvalue weighted by atomic mass is 16.2. The molecule has 0 bridgehead atoms. The zero-order valence-electron chi connectivity index (χ0n) is 15.9. The van der Waals surface area contributed by atoms with Crippen molar-refractivity contribution in [2.24, 2.45) is 0 Å². The molecule has 0 atom stereocenters. The molecule has 4 aromatic rings. The number of carbonyl (C=O) groups excluding carboxylic acids is 1. The molecule has 28 heavy (non-hydrogen) atoms. The van der Waals surface area contributed by atoms with Crippen molar-refractivity contribution in [2.45, 2.75) is 20.8 Å². The van der Waals surface area contributed by atoms with Crippen molar-refractivity contribution in [1.29, 1.82) is 0 Å². The van der Waals surface area contributed by atoms with Gasteiger partial charge in [-0.15, -0.1) is 0 Å². The van der Waals surface area contributed by atoms with E-state index in [1.807, 2.05) is 50.2 Å². The molecule has 0 saturated carbocycles. The second-order valence-corrected chi connectivity index (χ2v) is 6.75. The minimum atomic E-state index is -0.372. The van der Waals surface area contributed by atoms with Gasteiger partial charge in [0.1, 0.15) is 12.1 Å². The summed E-state index contributed by atoms with van der Waals surface area (Å²) < 4.78 is 1.76. The summed E-state index contributed by atoms with van der Waals surface area (Å²) in [6, 6.07) is 13.3. The number of nitrogens with one attached hydrogen (secondary N) is 2. The normalized spacial score (nSPS) is 10.8. The van der Waals surface area contributed by atoms with Gasteiger partial charge in [0.2, 0.25) is 0 Å². The Kier molecular flexibility index (Phi) is 4.49. The van der Waals surface area contributed by atoms with Gasteiger partial charge in [0.05, 0.1) is 17.3 Å². The van der Waals surface area contributed by atoms with E-state index in [0.29, 0.717) is 22.5 Å². The van der Waals surface area contributed by atoms with Crippen LogP contribution in [0.5, 0.6) is 0 Å². The van der Waals surface area contributed by atoms with Gasteiger partial charge < -0.3 is 5.32 Å². The van der Waals surface area contributed by atoms with Crippen LogP contribution in [0.25, 0.3) is 16.7 Å². The van der Waals surface area contributed by atoms with Crippen LogP contribution in [0, 0.1) is 20.8 Å². The number of amides is 2. The molecule has 0 aliphatic heterocycles. The summed E-state index contributed by atoms with van der Waals surface area (Å²) in [5, 5.41) is 10.7. The monoisotopic (exact) mass is 372 g/mol. The van der Waals surface area contributed by atoms with E-state index in [1.165, 1.54) is 11.9 Å². The quantitative estimate of drug-likeness (QED) is 0.559. The molecule has 0 saturated heterocycles. The maximum Gasteiger partial charge on any atom is 0.324 e. The number of anilines is 2. The van der Waals surface area contributed by atoms with Crippen molar-refractivity contribution < 1.29 is 4.79 Å². The van der Waals surface area contributed by atoms with Crippen LogP contribution in [0.15, 0.2) is 55.0 Å². The van der Waals surface area contributed by atoms with Gasteiger partial charge in [0.25, 0.3) is 0 Å². The first-order valence-electron chi connectivity index (χ1n) is 8.92. The molecule has 0 radical (unpaired) electrons. The number of aryl methyl sites for hydroxylation is 3. The molecule has 2 N–H and O–H groups in total. The third-order valence-corrected chi connectivity index (χ3v) is 4.49. The summed E-state index contributed by atoms with van der Waals surface area (Å²) in [4.78, 5) is 20.9. The number of rotatable bonds is 3. The van der Waals surface area contributed by atoms with Gasteiger partial charge in [-0.25, -0.2) is 19.4 Å². The van der Waals surface area contributed by atoms with Crippen molar-refractivity contribution in [3.63, 3.8) is 0 Å². The smallest absolute Gasteiger partial charge is 0.308 e. The second-order valence-electron chi connectivity index (χ2n) is 6.75. The highest BCUT2D eigenvalue weighted by molar-refractivity contribution is 6.03. The maximum absolute atomic E-state index is 12.4. The lowest BCUT2D eigenvalue weighted by Crippen LogP contribution is -2.20. The summed E-state index contributed by atoms with van der Waals surface area (Å²) >= 11 is 0. The van der Waals surface area contributed by atoms with Crippen molar-refractivity contribution in [2.75, 3.05) is 10.6 Å². The SMILES string of the molecule is Cc1ccc(NC(=O)Nc2ncnc3c2cnn3-c2ccc(C)cc2C)cc1. The predicted octanol–water partition coefficient (Wildman–Crippen LogP) is 4.38. The highest BCUT2D eigenvalue weighted by Gasteiger charge is 2.14. The molecular weight excluding hydrogens is 352 g/mol. The molecule has 0 aliphatic rings. The predicted molar refractivity (Wildman–Crippen MR) is 110 cm³/mol. The number of aromatic nitrogens is 4. The summed E-state index contributed by atoms with van der Waals surface area (Å²) in [7, 11) is 0. The van der Waals surface area contributed by atoms with E-state index in [-0.39, 0.29) is 6.03 Å². The summed E-state index contributed by atoms with van der Waals surface area (Å²) in [6.45, 7) is 6.08. The number of urea groups is 1. The molecule has 0 aliphatic carbocycles. The molecule has 0 fully saturated rings. The fourth-order valence-corrected chi connectivity index (χ4v) is 3.07. The molecule has 2 amide bonds. The minimum absolute atomic E-state index is 0.372. The topological polar surface area (TPSA) is 84.7 Å². The fraction of sp³-hybridized carbons (Fsp3) is 0.143. The minimum Gasteiger partial charge on any atom is -0.308 e. The molecule has 7 nitrogen and oxygen atoms in total. The van der Waals surface area contributed by atoms with Gasteiger partial charge >= 0.3 is 6.03 Å². The Morgan fingerprint density at radius 3 is 2.43 bits per heavy atom. The molecule has 140 valence electrons. The Hall–Kier alpha value is -3.74. The van der Waals surface area contributed by atoms with Gasteiger partial charge in [-0.05, 0) is 44.5 Å². The fourth-order valence-electron chi connectivity index (χ4n) is 3.07. The number of nitrogens with zero attached hydrogens (tertiary/aromatic N) is 4. The van der Waals surface area contributed by atoms with Crippen molar-refractivity contribution in [3.8, 4) is 5.69 Å². The van der Waals surface area contributed by atoms with Gasteiger partial charge in [0, 0.05) is 5.69 Å². The van der Waals surface area contributed by atoms with Crippen LogP contribution in [-0.4, -0.2) is 25.8 Å². The van der Waals surface area contributed by atoms with E-state index in [4.69, 9.17) is 0 Å². The Bertz CT molecular complexity index is 1160. The van der Waals surface area contributed by atoms with Crippen LogP contribution in [-0.2, 0) is 0 Å². The van der Waals surface area contributed by atoms with E-state index < -0.39 is 0 Å². The van der Waals surface area contributed by atoms with E-state index >= 15 is 0 Å². The lowest BCUT2D eigenvalue weighted by molar-refractivity contribution is 0.262.